The Morgan fingerprint density at radius 3 is 2.00 bits per heavy atom. The van der Waals surface area contributed by atoms with E-state index in [0.717, 1.165) is 25.9 Å². The molecule has 2 aliphatic heterocycles. The van der Waals surface area contributed by atoms with Crippen LogP contribution in [0.4, 0.5) is 13.2 Å². The lowest BCUT2D eigenvalue weighted by molar-refractivity contribution is -0.408. The summed E-state index contributed by atoms with van der Waals surface area (Å²) < 4.78 is 31.5. The van der Waals surface area contributed by atoms with Gasteiger partial charge in [-0.2, -0.15) is 13.2 Å². The molecule has 2 aliphatic rings. The Hall–Kier alpha value is -1.88. The lowest BCUT2D eigenvalue weighted by Gasteiger charge is -2.40. The fourth-order valence-corrected chi connectivity index (χ4v) is 3.34. The molecule has 2 saturated heterocycles. The average molecular weight is 411 g/mol. The molecular weight excluding hydrogens is 383 g/mol. The number of halogens is 3. The Bertz CT molecular complexity index is 531. The molecule has 0 aromatic rings. The lowest BCUT2D eigenvalue weighted by atomic mass is 9.99. The highest BCUT2D eigenvalue weighted by Crippen LogP contribution is 2.21. The summed E-state index contributed by atoms with van der Waals surface area (Å²) in [5, 5.41) is 17.6. The summed E-state index contributed by atoms with van der Waals surface area (Å²) in [7, 11) is 0. The van der Waals surface area contributed by atoms with Gasteiger partial charge < -0.3 is 30.5 Å². The van der Waals surface area contributed by atoms with Gasteiger partial charge >= 0.3 is 12.1 Å². The van der Waals surface area contributed by atoms with Gasteiger partial charge in [0, 0.05) is 32.0 Å². The van der Waals surface area contributed by atoms with Gasteiger partial charge in [-0.05, 0) is 38.8 Å². The Balaban J connectivity index is 0.000000480. The topological polar surface area (TPSA) is 129 Å². The molecule has 0 aromatic carbocycles. The molecule has 1 atom stereocenters. The van der Waals surface area contributed by atoms with Crippen LogP contribution >= 0.6 is 0 Å². The number of alkyl halides is 3. The highest BCUT2D eigenvalue weighted by atomic mass is 19.4. The number of hydrogen-bond donors (Lipinski definition) is 2. The molecule has 0 bridgehead atoms. The molecule has 1 amide bonds. The summed E-state index contributed by atoms with van der Waals surface area (Å²) in [5.41, 5.74) is 3.55. The number of aliphatic carboxylic acids is 2. The molecule has 2 rings (SSSR count). The van der Waals surface area contributed by atoms with Crippen LogP contribution in [-0.2, 0) is 14.4 Å². The van der Waals surface area contributed by atoms with Crippen LogP contribution in [0.1, 0.15) is 44.9 Å². The summed E-state index contributed by atoms with van der Waals surface area (Å²) in [6.45, 7) is 4.05. The first-order valence-corrected chi connectivity index (χ1v) is 9.38. The van der Waals surface area contributed by atoms with Crippen molar-refractivity contribution in [3.63, 3.8) is 0 Å². The van der Waals surface area contributed by atoms with E-state index in [1.807, 2.05) is 4.90 Å². The number of carboxylic acid groups (broad SMARTS) is 2. The number of piperidine rings is 2. The minimum Gasteiger partial charge on any atom is -0.542 e. The van der Waals surface area contributed by atoms with Crippen LogP contribution in [0.25, 0.3) is 0 Å². The van der Waals surface area contributed by atoms with Crippen LogP contribution in [0.5, 0.6) is 0 Å². The Labute approximate surface area is 161 Å². The molecule has 4 N–H and O–H groups in total. The van der Waals surface area contributed by atoms with Gasteiger partial charge in [0.25, 0.3) is 0 Å². The van der Waals surface area contributed by atoms with Crippen molar-refractivity contribution in [1.29, 1.82) is 0 Å². The fourth-order valence-electron chi connectivity index (χ4n) is 3.34. The van der Waals surface area contributed by atoms with E-state index in [1.54, 1.807) is 0 Å². The monoisotopic (exact) mass is 411 g/mol. The Morgan fingerprint density at radius 2 is 1.57 bits per heavy atom. The molecule has 162 valence electrons. The second kappa shape index (κ2) is 11.2. The SMILES string of the molecule is O=C([O-])C(F)(F)F.[NH3+][C@@H](CCC(=O)N1CCC(N2CCCCC2)CC1)C(=O)O. The molecule has 0 radical (unpaired) electrons. The predicted molar refractivity (Wildman–Crippen MR) is 89.6 cm³/mol. The number of likely N-dealkylation sites (tertiary alicyclic amines) is 2. The summed E-state index contributed by atoms with van der Waals surface area (Å²) in [6, 6.07) is -0.0474. The zero-order chi connectivity index (χ0) is 21.3. The second-order valence-electron chi connectivity index (χ2n) is 7.07. The third-order valence-electron chi connectivity index (χ3n) is 5.01. The van der Waals surface area contributed by atoms with Crippen molar-refractivity contribution < 1.29 is 43.5 Å². The van der Waals surface area contributed by atoms with Gasteiger partial charge in [-0.25, -0.2) is 4.79 Å². The standard InChI is InChI=1S/C15H27N3O3.C2HF3O2/c16-13(15(20)21)4-5-14(19)18-10-6-12(7-11-18)17-8-2-1-3-9-17;3-2(4,5)1(6)7/h12-13H,1-11,16H2,(H,20,21);(H,6,7)/t13-;/m0./s1. The van der Waals surface area contributed by atoms with Gasteiger partial charge in [0.1, 0.15) is 5.97 Å². The van der Waals surface area contributed by atoms with Crippen molar-refractivity contribution in [1.82, 2.24) is 9.80 Å². The lowest BCUT2D eigenvalue weighted by Crippen LogP contribution is -2.65. The van der Waals surface area contributed by atoms with Crippen molar-refractivity contribution in [3.8, 4) is 0 Å². The average Bonchev–Trinajstić information content (AvgIpc) is 2.66. The van der Waals surface area contributed by atoms with Crippen LogP contribution < -0.4 is 10.8 Å². The number of carbonyl (C=O) groups is 3. The minimum atomic E-state index is -5.19. The van der Waals surface area contributed by atoms with Gasteiger partial charge in [0.2, 0.25) is 5.91 Å². The number of amides is 1. The van der Waals surface area contributed by atoms with E-state index in [4.69, 9.17) is 15.0 Å². The second-order valence-corrected chi connectivity index (χ2v) is 7.07. The van der Waals surface area contributed by atoms with Crippen LogP contribution in [0.2, 0.25) is 0 Å². The number of rotatable bonds is 5. The number of carboxylic acids is 2. The van der Waals surface area contributed by atoms with E-state index in [9.17, 15) is 22.8 Å². The maximum atomic E-state index is 12.1. The predicted octanol–water partition coefficient (Wildman–Crippen LogP) is -0.763. The third-order valence-corrected chi connectivity index (χ3v) is 5.01. The number of hydrogen-bond acceptors (Lipinski definition) is 5. The smallest absolute Gasteiger partial charge is 0.430 e. The van der Waals surface area contributed by atoms with Crippen molar-refractivity contribution >= 4 is 17.8 Å². The number of carbonyl (C=O) groups excluding carboxylic acids is 2. The van der Waals surface area contributed by atoms with Crippen LogP contribution in [-0.4, -0.2) is 77.2 Å². The molecule has 11 heteroatoms. The summed E-state index contributed by atoms with van der Waals surface area (Å²) in [5.74, 6) is -3.85. The molecule has 2 heterocycles. The minimum absolute atomic E-state index is 0.0852. The van der Waals surface area contributed by atoms with Crippen LogP contribution in [0, 0.1) is 0 Å². The molecule has 8 nitrogen and oxygen atoms in total. The van der Waals surface area contributed by atoms with Gasteiger partial charge in [0.05, 0.1) is 0 Å². The first kappa shape index (κ1) is 24.2. The van der Waals surface area contributed by atoms with Gasteiger partial charge in [-0.15, -0.1) is 0 Å². The highest BCUT2D eigenvalue weighted by molar-refractivity contribution is 5.78. The Kier molecular flexibility index (Phi) is 9.66. The van der Waals surface area contributed by atoms with Crippen molar-refractivity contribution in [2.45, 2.75) is 63.2 Å². The fraction of sp³-hybridized carbons (Fsp3) is 0.824. The van der Waals surface area contributed by atoms with Crippen molar-refractivity contribution in [2.75, 3.05) is 26.2 Å². The Morgan fingerprint density at radius 1 is 1.07 bits per heavy atom. The van der Waals surface area contributed by atoms with E-state index < -0.39 is 24.2 Å². The zero-order valence-corrected chi connectivity index (χ0v) is 15.7. The summed E-state index contributed by atoms with van der Waals surface area (Å²) >= 11 is 0. The third kappa shape index (κ3) is 8.42. The molecule has 0 spiro atoms. The van der Waals surface area contributed by atoms with E-state index >= 15 is 0 Å². The van der Waals surface area contributed by atoms with E-state index in [2.05, 4.69) is 10.6 Å². The molecule has 0 unspecified atom stereocenters. The molecule has 2 fully saturated rings. The van der Waals surface area contributed by atoms with Gasteiger partial charge in [-0.1, -0.05) is 6.42 Å². The van der Waals surface area contributed by atoms with E-state index in [-0.39, 0.29) is 5.91 Å². The molecule has 28 heavy (non-hydrogen) atoms. The maximum absolute atomic E-state index is 12.1. The van der Waals surface area contributed by atoms with Crippen LogP contribution in [0.3, 0.4) is 0 Å². The van der Waals surface area contributed by atoms with Gasteiger partial charge in [0.15, 0.2) is 6.04 Å². The summed E-state index contributed by atoms with van der Waals surface area (Å²) in [6.07, 6.45) is 1.51. The van der Waals surface area contributed by atoms with E-state index in [0.29, 0.717) is 18.9 Å². The molecule has 0 aromatic heterocycles. The van der Waals surface area contributed by atoms with E-state index in [1.165, 1.54) is 32.4 Å². The normalized spacial score (nSPS) is 20.1. The number of quaternary nitrogens is 1. The van der Waals surface area contributed by atoms with Crippen LogP contribution in [0.15, 0.2) is 0 Å². The molecule has 0 aliphatic carbocycles. The zero-order valence-electron chi connectivity index (χ0n) is 15.7. The van der Waals surface area contributed by atoms with Crippen molar-refractivity contribution in [2.24, 2.45) is 0 Å². The van der Waals surface area contributed by atoms with Crippen molar-refractivity contribution in [3.05, 3.63) is 0 Å². The highest BCUT2D eigenvalue weighted by Gasteiger charge is 2.29. The van der Waals surface area contributed by atoms with Gasteiger partial charge in [-0.3, -0.25) is 4.79 Å². The summed E-state index contributed by atoms with van der Waals surface area (Å²) in [4.78, 5) is 36.1. The first-order chi connectivity index (χ1) is 13.0. The largest absolute Gasteiger partial charge is 0.542 e. The first-order valence-electron chi connectivity index (χ1n) is 9.38. The maximum Gasteiger partial charge on any atom is 0.430 e. The molecular formula is C17H28F3N3O5. The quantitative estimate of drug-likeness (QED) is 0.612. The number of nitrogens with zero attached hydrogens (tertiary/aromatic N) is 2. The molecule has 0 saturated carbocycles.